The first kappa shape index (κ1) is 9.52. The van der Waals surface area contributed by atoms with E-state index in [0.29, 0.717) is 0 Å². The van der Waals surface area contributed by atoms with Gasteiger partial charge in [-0.05, 0) is 35.0 Å². The van der Waals surface area contributed by atoms with Crippen LogP contribution < -0.4 is 5.32 Å². The van der Waals surface area contributed by atoms with Gasteiger partial charge in [-0.25, -0.2) is 0 Å². The van der Waals surface area contributed by atoms with Gasteiger partial charge in [-0.15, -0.1) is 0 Å². The molecule has 3 heteroatoms. The Bertz CT molecular complexity index is 520. The van der Waals surface area contributed by atoms with Crippen LogP contribution in [0.1, 0.15) is 6.92 Å². The molecular formula is C12H10NO2. The van der Waals surface area contributed by atoms with E-state index in [9.17, 15) is 9.90 Å². The van der Waals surface area contributed by atoms with Gasteiger partial charge in [0, 0.05) is 12.6 Å². The third-order valence-electron chi connectivity index (χ3n) is 2.13. The molecule has 0 spiro atoms. The van der Waals surface area contributed by atoms with Crippen molar-refractivity contribution in [2.24, 2.45) is 0 Å². The first-order valence-electron chi connectivity index (χ1n) is 4.63. The molecule has 0 saturated heterocycles. The van der Waals surface area contributed by atoms with Crippen molar-refractivity contribution >= 4 is 22.4 Å². The fourth-order valence-electron chi connectivity index (χ4n) is 1.50. The smallest absolute Gasteiger partial charge is 0.221 e. The standard InChI is InChI=1S/C12H10NO2/c1-8(14)13-11-4-2-10-7-12(15)5-3-9(10)6-11/h2-7H,1H3,(H,13,14). The second-order valence-corrected chi connectivity index (χ2v) is 3.40. The Balaban J connectivity index is 2.47. The molecule has 0 aromatic heterocycles. The average Bonchev–Trinajstić information content (AvgIpc) is 2.17. The normalized spacial score (nSPS) is 10.2. The molecule has 15 heavy (non-hydrogen) atoms. The summed E-state index contributed by atoms with van der Waals surface area (Å²) in [7, 11) is 0. The number of carbonyl (C=O) groups excluding carboxylic acids is 1. The summed E-state index contributed by atoms with van der Waals surface area (Å²) in [5.41, 5.74) is 0.744. The van der Waals surface area contributed by atoms with E-state index in [2.05, 4.69) is 5.32 Å². The van der Waals surface area contributed by atoms with Crippen molar-refractivity contribution in [2.75, 3.05) is 5.32 Å². The Morgan fingerprint density at radius 2 is 1.73 bits per heavy atom. The van der Waals surface area contributed by atoms with Crippen molar-refractivity contribution < 1.29 is 9.90 Å². The minimum absolute atomic E-state index is 0.00484. The maximum atomic E-state index is 11.1. The molecule has 2 aromatic carbocycles. The first-order valence-corrected chi connectivity index (χ1v) is 4.63. The van der Waals surface area contributed by atoms with Gasteiger partial charge in [-0.1, -0.05) is 12.1 Å². The number of fused-ring (bicyclic) bond motifs is 1. The summed E-state index contributed by atoms with van der Waals surface area (Å²) in [4.78, 5) is 10.8. The van der Waals surface area contributed by atoms with Gasteiger partial charge in [-0.3, -0.25) is 9.90 Å². The first-order chi connectivity index (χ1) is 7.15. The van der Waals surface area contributed by atoms with Crippen molar-refractivity contribution in [3.8, 4) is 5.75 Å². The summed E-state index contributed by atoms with van der Waals surface area (Å²) in [6.07, 6.45) is 0. The van der Waals surface area contributed by atoms with Gasteiger partial charge in [0.15, 0.2) is 5.75 Å². The summed E-state index contributed by atoms with van der Waals surface area (Å²) >= 11 is 0. The van der Waals surface area contributed by atoms with Crippen LogP contribution >= 0.6 is 0 Å². The number of hydrogen-bond donors (Lipinski definition) is 1. The van der Waals surface area contributed by atoms with Crippen LogP contribution in [-0.4, -0.2) is 5.91 Å². The van der Waals surface area contributed by atoms with Crippen LogP contribution in [0, 0.1) is 0 Å². The lowest BCUT2D eigenvalue weighted by atomic mass is 10.1. The number of hydrogen-bond acceptors (Lipinski definition) is 1. The third-order valence-corrected chi connectivity index (χ3v) is 2.13. The molecule has 0 aliphatic heterocycles. The monoisotopic (exact) mass is 200 g/mol. The maximum Gasteiger partial charge on any atom is 0.221 e. The van der Waals surface area contributed by atoms with Crippen molar-refractivity contribution in [1.82, 2.24) is 0 Å². The van der Waals surface area contributed by atoms with E-state index in [4.69, 9.17) is 0 Å². The van der Waals surface area contributed by atoms with E-state index in [-0.39, 0.29) is 11.7 Å². The Kier molecular flexibility index (Phi) is 2.29. The predicted octanol–water partition coefficient (Wildman–Crippen LogP) is 2.94. The second-order valence-electron chi connectivity index (χ2n) is 3.40. The van der Waals surface area contributed by atoms with Gasteiger partial charge in [0.05, 0.1) is 0 Å². The third kappa shape index (κ3) is 2.07. The quantitative estimate of drug-likeness (QED) is 0.755. The Hall–Kier alpha value is -2.03. The highest BCUT2D eigenvalue weighted by Gasteiger charge is 1.99. The van der Waals surface area contributed by atoms with Crippen LogP contribution in [0.4, 0.5) is 5.69 Å². The zero-order valence-electron chi connectivity index (χ0n) is 8.28. The van der Waals surface area contributed by atoms with Gasteiger partial charge in [0.25, 0.3) is 0 Å². The molecule has 0 unspecified atom stereocenters. The molecule has 0 bridgehead atoms. The molecule has 2 aromatic rings. The lowest BCUT2D eigenvalue weighted by Gasteiger charge is -2.03. The number of anilines is 1. The fourth-order valence-corrected chi connectivity index (χ4v) is 1.50. The predicted molar refractivity (Wildman–Crippen MR) is 58.4 cm³/mol. The molecule has 75 valence electrons. The fraction of sp³-hybridized carbons (Fsp3) is 0.0833. The van der Waals surface area contributed by atoms with Crippen LogP contribution in [0.5, 0.6) is 5.75 Å². The summed E-state index contributed by atoms with van der Waals surface area (Å²) in [5, 5.41) is 15.6. The number of amides is 1. The zero-order valence-corrected chi connectivity index (χ0v) is 8.28. The van der Waals surface area contributed by atoms with E-state index >= 15 is 0 Å². The Morgan fingerprint density at radius 3 is 2.47 bits per heavy atom. The second kappa shape index (κ2) is 3.61. The van der Waals surface area contributed by atoms with Crippen LogP contribution in [-0.2, 0) is 9.90 Å². The van der Waals surface area contributed by atoms with Crippen LogP contribution in [0.3, 0.4) is 0 Å². The van der Waals surface area contributed by atoms with E-state index in [1.165, 1.54) is 13.0 Å². The van der Waals surface area contributed by atoms with E-state index in [0.717, 1.165) is 16.5 Å². The molecule has 2 rings (SSSR count). The summed E-state index contributed by atoms with van der Waals surface area (Å²) in [6, 6.07) is 10.3. The molecule has 0 fully saturated rings. The van der Waals surface area contributed by atoms with E-state index in [1.54, 1.807) is 18.2 Å². The molecule has 0 atom stereocenters. The van der Waals surface area contributed by atoms with Gasteiger partial charge in [-0.2, -0.15) is 0 Å². The maximum absolute atomic E-state index is 11.1. The average molecular weight is 200 g/mol. The molecule has 3 nitrogen and oxygen atoms in total. The number of carbonyl (C=O) groups is 1. The van der Waals surface area contributed by atoms with Crippen molar-refractivity contribution in [1.29, 1.82) is 0 Å². The molecule has 1 N–H and O–H groups in total. The van der Waals surface area contributed by atoms with E-state index < -0.39 is 0 Å². The zero-order chi connectivity index (χ0) is 10.8. The summed E-state index contributed by atoms with van der Waals surface area (Å²) in [5.74, 6) is -0.107. The topological polar surface area (TPSA) is 49.0 Å². The largest absolute Gasteiger partial charge is 0.326 e. The highest BCUT2D eigenvalue weighted by molar-refractivity contribution is 5.93. The summed E-state index contributed by atoms with van der Waals surface area (Å²) < 4.78 is 0. The minimum Gasteiger partial charge on any atom is -0.326 e. The number of rotatable bonds is 1. The Labute approximate surface area is 87.3 Å². The SMILES string of the molecule is CC(=O)Nc1ccc2cc([O])ccc2c1. The molecule has 0 aliphatic rings. The van der Waals surface area contributed by atoms with Gasteiger partial charge in [0.2, 0.25) is 5.91 Å². The number of nitrogens with one attached hydrogen (secondary N) is 1. The summed E-state index contributed by atoms with van der Waals surface area (Å²) in [6.45, 7) is 1.46. The molecule has 0 saturated carbocycles. The van der Waals surface area contributed by atoms with Crippen LogP contribution in [0.25, 0.3) is 10.8 Å². The highest BCUT2D eigenvalue weighted by atomic mass is 16.3. The molecule has 1 amide bonds. The molecule has 0 heterocycles. The van der Waals surface area contributed by atoms with Crippen molar-refractivity contribution in [3.63, 3.8) is 0 Å². The lowest BCUT2D eigenvalue weighted by Crippen LogP contribution is -2.05. The van der Waals surface area contributed by atoms with Gasteiger partial charge in [0.1, 0.15) is 0 Å². The molecular weight excluding hydrogens is 190 g/mol. The van der Waals surface area contributed by atoms with Crippen molar-refractivity contribution in [3.05, 3.63) is 36.4 Å². The van der Waals surface area contributed by atoms with E-state index in [1.807, 2.05) is 12.1 Å². The van der Waals surface area contributed by atoms with Crippen LogP contribution in [0.15, 0.2) is 36.4 Å². The minimum atomic E-state index is -0.102. The number of benzene rings is 2. The lowest BCUT2D eigenvalue weighted by molar-refractivity contribution is -0.114. The van der Waals surface area contributed by atoms with Crippen LogP contribution in [0.2, 0.25) is 0 Å². The molecule has 1 radical (unpaired) electrons. The Morgan fingerprint density at radius 1 is 1.07 bits per heavy atom. The molecule has 0 aliphatic carbocycles. The van der Waals surface area contributed by atoms with Gasteiger partial charge >= 0.3 is 0 Å². The van der Waals surface area contributed by atoms with Crippen molar-refractivity contribution in [2.45, 2.75) is 6.92 Å². The highest BCUT2D eigenvalue weighted by Crippen LogP contribution is 2.23. The van der Waals surface area contributed by atoms with Gasteiger partial charge < -0.3 is 5.32 Å².